The van der Waals surface area contributed by atoms with Gasteiger partial charge in [-0.2, -0.15) is 0 Å². The van der Waals surface area contributed by atoms with E-state index in [0.29, 0.717) is 24.3 Å². The third-order valence-electron chi connectivity index (χ3n) is 4.34. The fraction of sp³-hybridized carbons (Fsp3) is 0.733. The molecule has 1 N–H and O–H groups in total. The molecule has 126 valence electrons. The van der Waals surface area contributed by atoms with Gasteiger partial charge in [-0.15, -0.1) is 36.2 Å². The molecule has 7 heteroatoms. The molecule has 3 heterocycles. The summed E-state index contributed by atoms with van der Waals surface area (Å²) in [6.45, 7) is 4.89. The van der Waals surface area contributed by atoms with E-state index in [1.807, 2.05) is 6.92 Å². The molecule has 4 nitrogen and oxygen atoms in total. The predicted octanol–water partition coefficient (Wildman–Crippen LogP) is 3.14. The summed E-state index contributed by atoms with van der Waals surface area (Å²) >= 11 is 1.74. The number of piperidine rings is 1. The van der Waals surface area contributed by atoms with Crippen molar-refractivity contribution in [2.24, 2.45) is 0 Å². The number of aromatic nitrogens is 1. The van der Waals surface area contributed by atoms with E-state index < -0.39 is 0 Å². The fourth-order valence-electron chi connectivity index (χ4n) is 3.24. The molecule has 2 aliphatic heterocycles. The number of carbonyl (C=O) groups is 1. The summed E-state index contributed by atoms with van der Waals surface area (Å²) in [6.07, 6.45) is 5.29. The highest BCUT2D eigenvalue weighted by atomic mass is 35.5. The molecule has 2 aliphatic rings. The molecule has 1 aromatic rings. The van der Waals surface area contributed by atoms with E-state index >= 15 is 0 Å². The summed E-state index contributed by atoms with van der Waals surface area (Å²) in [5.41, 5.74) is 1.10. The first-order valence-corrected chi connectivity index (χ1v) is 8.53. The molecule has 3 rings (SSSR count). The van der Waals surface area contributed by atoms with Crippen molar-refractivity contribution in [3.05, 3.63) is 16.1 Å². The van der Waals surface area contributed by atoms with Crippen LogP contribution in [0.5, 0.6) is 0 Å². The van der Waals surface area contributed by atoms with Gasteiger partial charge in [-0.1, -0.05) is 0 Å². The van der Waals surface area contributed by atoms with Crippen LogP contribution in [0.25, 0.3) is 0 Å². The van der Waals surface area contributed by atoms with E-state index in [1.54, 1.807) is 11.3 Å². The normalized spacial score (nSPS) is 24.5. The number of nitrogens with zero attached hydrogens (tertiary/aromatic N) is 2. The Balaban J connectivity index is 0.00000121. The molecule has 2 saturated heterocycles. The number of rotatable bonds is 3. The topological polar surface area (TPSA) is 45.2 Å². The maximum Gasteiger partial charge on any atom is 0.224 e. The summed E-state index contributed by atoms with van der Waals surface area (Å²) in [5, 5.41) is 6.73. The van der Waals surface area contributed by atoms with Crippen LogP contribution < -0.4 is 5.32 Å². The average molecular weight is 366 g/mol. The summed E-state index contributed by atoms with van der Waals surface area (Å²) in [7, 11) is 0. The van der Waals surface area contributed by atoms with Crippen molar-refractivity contribution in [3.8, 4) is 0 Å². The van der Waals surface area contributed by atoms with Crippen LogP contribution in [0.15, 0.2) is 5.38 Å². The summed E-state index contributed by atoms with van der Waals surface area (Å²) in [4.78, 5) is 19.1. The van der Waals surface area contributed by atoms with Gasteiger partial charge in [0, 0.05) is 42.5 Å². The predicted molar refractivity (Wildman–Crippen MR) is 95.5 cm³/mol. The molecule has 1 amide bonds. The molecule has 1 aromatic heterocycles. The Hall–Kier alpha value is -0.360. The van der Waals surface area contributed by atoms with Crippen LogP contribution in [0.4, 0.5) is 0 Å². The number of likely N-dealkylation sites (tertiary alicyclic amines) is 1. The largest absolute Gasteiger partial charge is 0.342 e. The first kappa shape index (κ1) is 19.7. The monoisotopic (exact) mass is 365 g/mol. The quantitative estimate of drug-likeness (QED) is 0.894. The lowest BCUT2D eigenvalue weighted by molar-refractivity contribution is -0.132. The van der Waals surface area contributed by atoms with Gasteiger partial charge in [0.05, 0.1) is 5.01 Å². The second-order valence-corrected chi connectivity index (χ2v) is 6.89. The maximum absolute atomic E-state index is 12.4. The fourth-order valence-corrected chi connectivity index (χ4v) is 4.16. The zero-order valence-electron chi connectivity index (χ0n) is 12.9. The third-order valence-corrected chi connectivity index (χ3v) is 5.47. The minimum absolute atomic E-state index is 0. The van der Waals surface area contributed by atoms with Crippen molar-refractivity contribution >= 4 is 42.1 Å². The molecule has 0 aromatic carbocycles. The third kappa shape index (κ3) is 4.82. The SMILES string of the molecule is Cc1csc(C2CCCN(C(=O)CC3CCCN3)C2)n1.Cl.Cl. The van der Waals surface area contributed by atoms with Crippen LogP contribution in [0.2, 0.25) is 0 Å². The first-order valence-electron chi connectivity index (χ1n) is 7.65. The van der Waals surface area contributed by atoms with Gasteiger partial charge in [0.25, 0.3) is 0 Å². The number of carbonyl (C=O) groups excluding carboxylic acids is 1. The van der Waals surface area contributed by atoms with Gasteiger partial charge in [0.2, 0.25) is 5.91 Å². The van der Waals surface area contributed by atoms with Crippen LogP contribution in [-0.2, 0) is 4.79 Å². The van der Waals surface area contributed by atoms with Gasteiger partial charge in [-0.05, 0) is 39.2 Å². The van der Waals surface area contributed by atoms with Crippen molar-refractivity contribution in [2.75, 3.05) is 19.6 Å². The molecule has 0 aliphatic carbocycles. The van der Waals surface area contributed by atoms with Crippen molar-refractivity contribution in [1.82, 2.24) is 15.2 Å². The van der Waals surface area contributed by atoms with Crippen LogP contribution in [0.3, 0.4) is 0 Å². The van der Waals surface area contributed by atoms with E-state index in [9.17, 15) is 4.79 Å². The van der Waals surface area contributed by atoms with Crippen LogP contribution in [-0.4, -0.2) is 41.5 Å². The van der Waals surface area contributed by atoms with Gasteiger partial charge in [0.15, 0.2) is 0 Å². The van der Waals surface area contributed by atoms with E-state index in [0.717, 1.165) is 38.2 Å². The van der Waals surface area contributed by atoms with Crippen LogP contribution in [0.1, 0.15) is 48.7 Å². The number of hydrogen-bond donors (Lipinski definition) is 1. The second kappa shape index (κ2) is 9.06. The lowest BCUT2D eigenvalue weighted by Crippen LogP contribution is -2.41. The molecule has 0 saturated carbocycles. The zero-order valence-corrected chi connectivity index (χ0v) is 15.4. The van der Waals surface area contributed by atoms with Crippen molar-refractivity contribution in [1.29, 1.82) is 0 Å². The number of amides is 1. The van der Waals surface area contributed by atoms with Gasteiger partial charge in [-0.25, -0.2) is 4.98 Å². The minimum Gasteiger partial charge on any atom is -0.342 e. The van der Waals surface area contributed by atoms with E-state index in [1.165, 1.54) is 17.8 Å². The smallest absolute Gasteiger partial charge is 0.224 e. The minimum atomic E-state index is 0. The van der Waals surface area contributed by atoms with Crippen LogP contribution >= 0.6 is 36.2 Å². The molecule has 2 unspecified atom stereocenters. The van der Waals surface area contributed by atoms with E-state index in [2.05, 4.69) is 20.6 Å². The highest BCUT2D eigenvalue weighted by molar-refractivity contribution is 7.09. The molecule has 2 atom stereocenters. The highest BCUT2D eigenvalue weighted by Crippen LogP contribution is 2.29. The number of hydrogen-bond acceptors (Lipinski definition) is 4. The molecule has 0 bridgehead atoms. The maximum atomic E-state index is 12.4. The van der Waals surface area contributed by atoms with Crippen molar-refractivity contribution in [2.45, 2.75) is 51.0 Å². The Morgan fingerprint density at radius 1 is 1.41 bits per heavy atom. The standard InChI is InChI=1S/C15H23N3OS.2ClH/c1-11-10-20-15(17-11)12-4-3-7-18(9-12)14(19)8-13-5-2-6-16-13;;/h10,12-13,16H,2-9H2,1H3;2*1H. The molecule has 22 heavy (non-hydrogen) atoms. The molecular weight excluding hydrogens is 341 g/mol. The number of thiazole rings is 1. The number of halogens is 2. The summed E-state index contributed by atoms with van der Waals surface area (Å²) in [5.74, 6) is 0.769. The summed E-state index contributed by atoms with van der Waals surface area (Å²) < 4.78 is 0. The van der Waals surface area contributed by atoms with Gasteiger partial charge in [-0.3, -0.25) is 4.79 Å². The van der Waals surface area contributed by atoms with Crippen molar-refractivity contribution in [3.63, 3.8) is 0 Å². The number of nitrogens with one attached hydrogen (secondary N) is 1. The van der Waals surface area contributed by atoms with Crippen LogP contribution in [0, 0.1) is 6.92 Å². The molecule has 0 radical (unpaired) electrons. The Bertz CT molecular complexity index is 477. The Morgan fingerprint density at radius 2 is 2.23 bits per heavy atom. The molecule has 2 fully saturated rings. The Kier molecular flexibility index (Phi) is 8.11. The summed E-state index contributed by atoms with van der Waals surface area (Å²) in [6, 6.07) is 0.407. The Morgan fingerprint density at radius 3 is 2.86 bits per heavy atom. The average Bonchev–Trinajstić information content (AvgIpc) is 3.10. The first-order chi connectivity index (χ1) is 9.72. The Labute approximate surface area is 148 Å². The number of aryl methyl sites for hydroxylation is 1. The van der Waals surface area contributed by atoms with Gasteiger partial charge >= 0.3 is 0 Å². The zero-order chi connectivity index (χ0) is 13.9. The van der Waals surface area contributed by atoms with Gasteiger partial charge < -0.3 is 10.2 Å². The second-order valence-electron chi connectivity index (χ2n) is 6.00. The van der Waals surface area contributed by atoms with E-state index in [4.69, 9.17) is 0 Å². The van der Waals surface area contributed by atoms with Gasteiger partial charge in [0.1, 0.15) is 0 Å². The van der Waals surface area contributed by atoms with E-state index in [-0.39, 0.29) is 24.8 Å². The lowest BCUT2D eigenvalue weighted by atomic mass is 9.98. The molecular formula is C15H25Cl2N3OS. The molecule has 0 spiro atoms. The highest BCUT2D eigenvalue weighted by Gasteiger charge is 2.28. The van der Waals surface area contributed by atoms with Crippen molar-refractivity contribution < 1.29 is 4.79 Å². The lowest BCUT2D eigenvalue weighted by Gasteiger charge is -2.32.